The summed E-state index contributed by atoms with van der Waals surface area (Å²) in [5.74, 6) is 1.22. The molecule has 0 aliphatic rings. The lowest BCUT2D eigenvalue weighted by molar-refractivity contribution is 0.757. The van der Waals surface area contributed by atoms with Gasteiger partial charge in [0.15, 0.2) is 5.82 Å². The van der Waals surface area contributed by atoms with Gasteiger partial charge < -0.3 is 9.80 Å². The fraction of sp³-hybridized carbons (Fsp3) is 0.750. The maximum atomic E-state index is 5.93. The number of alkyl halides is 3. The van der Waals surface area contributed by atoms with Crippen molar-refractivity contribution >= 4 is 46.7 Å². The van der Waals surface area contributed by atoms with E-state index in [2.05, 4.69) is 15.0 Å². The molecule has 0 fully saturated rings. The Kier molecular flexibility index (Phi) is 6.55. The number of halogens is 3. The Morgan fingerprint density at radius 3 is 1.35 bits per heavy atom. The van der Waals surface area contributed by atoms with Crippen molar-refractivity contribution in [1.82, 2.24) is 15.0 Å². The van der Waals surface area contributed by atoms with E-state index in [-0.39, 0.29) is 5.82 Å². The fourth-order valence-electron chi connectivity index (χ4n) is 1.78. The van der Waals surface area contributed by atoms with Crippen LogP contribution in [0.2, 0.25) is 0 Å². The van der Waals surface area contributed by atoms with Crippen LogP contribution in [0.1, 0.15) is 33.5 Å². The highest BCUT2D eigenvalue weighted by molar-refractivity contribution is 6.66. The fourth-order valence-corrected chi connectivity index (χ4v) is 2.03. The normalized spacial score (nSPS) is 11.6. The second-order valence-corrected chi connectivity index (χ2v) is 6.38. The Balaban J connectivity index is 3.34. The van der Waals surface area contributed by atoms with Crippen LogP contribution >= 0.6 is 34.8 Å². The largest absolute Gasteiger partial charge is 0.341 e. The first-order valence-corrected chi connectivity index (χ1v) is 7.83. The summed E-state index contributed by atoms with van der Waals surface area (Å²) < 4.78 is -1.66. The molecule has 114 valence electrons. The third kappa shape index (κ3) is 4.24. The third-order valence-electron chi connectivity index (χ3n) is 2.96. The van der Waals surface area contributed by atoms with E-state index in [1.54, 1.807) is 0 Å². The van der Waals surface area contributed by atoms with Crippen molar-refractivity contribution < 1.29 is 0 Å². The summed E-state index contributed by atoms with van der Waals surface area (Å²) in [5.41, 5.74) is 0. The van der Waals surface area contributed by atoms with Crippen LogP contribution in [0.25, 0.3) is 0 Å². The van der Waals surface area contributed by atoms with Crippen molar-refractivity contribution in [2.24, 2.45) is 0 Å². The Bertz CT molecular complexity index is 397. The van der Waals surface area contributed by atoms with E-state index in [4.69, 9.17) is 34.8 Å². The molecule has 0 saturated heterocycles. The van der Waals surface area contributed by atoms with E-state index in [1.165, 1.54) is 0 Å². The average molecular weight is 341 g/mol. The highest BCUT2D eigenvalue weighted by atomic mass is 35.6. The Labute approximate surface area is 135 Å². The zero-order chi connectivity index (χ0) is 15.3. The molecule has 1 rings (SSSR count). The molecule has 0 atom stereocenters. The number of rotatable bonds is 6. The predicted octanol–water partition coefficient (Wildman–Crippen LogP) is 3.39. The van der Waals surface area contributed by atoms with E-state index in [0.717, 1.165) is 26.2 Å². The lowest BCUT2D eigenvalue weighted by Crippen LogP contribution is -2.30. The molecule has 0 aliphatic heterocycles. The minimum Gasteiger partial charge on any atom is -0.341 e. The average Bonchev–Trinajstić information content (AvgIpc) is 2.40. The van der Waals surface area contributed by atoms with Gasteiger partial charge in [-0.15, -0.1) is 0 Å². The summed E-state index contributed by atoms with van der Waals surface area (Å²) in [6, 6.07) is 0. The topological polar surface area (TPSA) is 45.2 Å². The standard InChI is InChI=1S/C12H20Cl3N5/c1-5-19(6-2)10-16-9(12(13,14)15)17-11(18-10)20(7-3)8-4/h5-8H2,1-4H3. The van der Waals surface area contributed by atoms with Crippen molar-refractivity contribution in [3.63, 3.8) is 0 Å². The van der Waals surface area contributed by atoms with Gasteiger partial charge in [-0.25, -0.2) is 0 Å². The molecule has 0 bridgehead atoms. The summed E-state index contributed by atoms with van der Waals surface area (Å²) >= 11 is 17.8. The molecule has 8 heteroatoms. The van der Waals surface area contributed by atoms with E-state index < -0.39 is 3.79 Å². The zero-order valence-electron chi connectivity index (χ0n) is 12.2. The van der Waals surface area contributed by atoms with Crippen LogP contribution in [-0.2, 0) is 3.79 Å². The molecular weight excluding hydrogens is 321 g/mol. The van der Waals surface area contributed by atoms with Crippen LogP contribution in [0, 0.1) is 0 Å². The van der Waals surface area contributed by atoms with Gasteiger partial charge >= 0.3 is 0 Å². The van der Waals surface area contributed by atoms with Gasteiger partial charge in [-0.1, -0.05) is 34.8 Å². The number of aromatic nitrogens is 3. The second-order valence-electron chi connectivity index (χ2n) is 4.10. The van der Waals surface area contributed by atoms with Gasteiger partial charge in [0, 0.05) is 26.2 Å². The summed E-state index contributed by atoms with van der Waals surface area (Å²) in [4.78, 5) is 17.0. The minimum absolute atomic E-state index is 0.154. The minimum atomic E-state index is -1.66. The highest BCUT2D eigenvalue weighted by Gasteiger charge is 2.29. The predicted molar refractivity (Wildman–Crippen MR) is 86.2 cm³/mol. The van der Waals surface area contributed by atoms with Gasteiger partial charge in [0.2, 0.25) is 15.7 Å². The van der Waals surface area contributed by atoms with Gasteiger partial charge in [0.1, 0.15) is 0 Å². The first-order valence-electron chi connectivity index (χ1n) is 6.70. The molecule has 0 spiro atoms. The van der Waals surface area contributed by atoms with Crippen LogP contribution < -0.4 is 9.80 Å². The van der Waals surface area contributed by atoms with E-state index in [0.29, 0.717) is 11.9 Å². The number of hydrogen-bond acceptors (Lipinski definition) is 5. The molecule has 0 unspecified atom stereocenters. The van der Waals surface area contributed by atoms with Crippen molar-refractivity contribution in [2.45, 2.75) is 31.5 Å². The molecule has 5 nitrogen and oxygen atoms in total. The van der Waals surface area contributed by atoms with Crippen LogP contribution in [0.15, 0.2) is 0 Å². The molecule has 0 amide bonds. The molecule has 1 aromatic heterocycles. The summed E-state index contributed by atoms with van der Waals surface area (Å²) in [6.07, 6.45) is 0. The van der Waals surface area contributed by atoms with Gasteiger partial charge in [-0.3, -0.25) is 0 Å². The maximum Gasteiger partial charge on any atom is 0.250 e. The zero-order valence-corrected chi connectivity index (χ0v) is 14.5. The number of nitrogens with zero attached hydrogens (tertiary/aromatic N) is 5. The summed E-state index contributed by atoms with van der Waals surface area (Å²) in [6.45, 7) is 11.2. The van der Waals surface area contributed by atoms with Gasteiger partial charge in [0.05, 0.1) is 0 Å². The lowest BCUT2D eigenvalue weighted by atomic mass is 10.5. The van der Waals surface area contributed by atoms with E-state index in [9.17, 15) is 0 Å². The first kappa shape index (κ1) is 17.5. The quantitative estimate of drug-likeness (QED) is 0.743. The van der Waals surface area contributed by atoms with E-state index in [1.807, 2.05) is 37.5 Å². The maximum absolute atomic E-state index is 5.93. The summed E-state index contributed by atoms with van der Waals surface area (Å²) in [7, 11) is 0. The van der Waals surface area contributed by atoms with Crippen molar-refractivity contribution in [3.8, 4) is 0 Å². The van der Waals surface area contributed by atoms with E-state index >= 15 is 0 Å². The molecule has 20 heavy (non-hydrogen) atoms. The van der Waals surface area contributed by atoms with Crippen molar-refractivity contribution in [3.05, 3.63) is 5.82 Å². The molecule has 0 aromatic carbocycles. The molecule has 0 aliphatic carbocycles. The SMILES string of the molecule is CCN(CC)c1nc(N(CC)CC)nc(C(Cl)(Cl)Cl)n1. The number of hydrogen-bond donors (Lipinski definition) is 0. The molecule has 0 saturated carbocycles. The molecule has 1 aromatic rings. The van der Waals surface area contributed by atoms with Crippen molar-refractivity contribution in [1.29, 1.82) is 0 Å². The third-order valence-corrected chi connectivity index (χ3v) is 3.47. The molecule has 0 N–H and O–H groups in total. The smallest absolute Gasteiger partial charge is 0.250 e. The van der Waals surface area contributed by atoms with Crippen LogP contribution in [-0.4, -0.2) is 41.1 Å². The molecule has 1 heterocycles. The molecular formula is C12H20Cl3N5. The first-order chi connectivity index (χ1) is 9.37. The Morgan fingerprint density at radius 2 is 1.10 bits per heavy atom. The Morgan fingerprint density at radius 1 is 0.750 bits per heavy atom. The van der Waals surface area contributed by atoms with Gasteiger partial charge in [0.25, 0.3) is 0 Å². The van der Waals surface area contributed by atoms with Gasteiger partial charge in [-0.2, -0.15) is 15.0 Å². The van der Waals surface area contributed by atoms with Crippen LogP contribution in [0.3, 0.4) is 0 Å². The van der Waals surface area contributed by atoms with Crippen LogP contribution in [0.4, 0.5) is 11.9 Å². The molecule has 0 radical (unpaired) electrons. The monoisotopic (exact) mass is 339 g/mol. The van der Waals surface area contributed by atoms with Gasteiger partial charge in [-0.05, 0) is 27.7 Å². The highest BCUT2D eigenvalue weighted by Crippen LogP contribution is 2.37. The summed E-state index contributed by atoms with van der Waals surface area (Å²) in [5, 5.41) is 0. The number of anilines is 2. The second kappa shape index (κ2) is 7.48. The van der Waals surface area contributed by atoms with Crippen LogP contribution in [0.5, 0.6) is 0 Å². The Hall–Kier alpha value is -0.520. The lowest BCUT2D eigenvalue weighted by Gasteiger charge is -2.24. The van der Waals surface area contributed by atoms with Crippen molar-refractivity contribution in [2.75, 3.05) is 36.0 Å².